The van der Waals surface area contributed by atoms with Gasteiger partial charge < -0.3 is 9.73 Å². The van der Waals surface area contributed by atoms with Gasteiger partial charge in [0.05, 0.1) is 11.5 Å². The van der Waals surface area contributed by atoms with Gasteiger partial charge in [0.1, 0.15) is 5.52 Å². The van der Waals surface area contributed by atoms with Crippen LogP contribution < -0.4 is 5.32 Å². The number of rotatable bonds is 4. The van der Waals surface area contributed by atoms with Gasteiger partial charge in [-0.3, -0.25) is 15.0 Å². The molecule has 1 atom stereocenters. The second kappa shape index (κ2) is 7.04. The third kappa shape index (κ3) is 3.55. The average Bonchev–Trinajstić information content (AvgIpc) is 2.88. The number of nitrogens with one attached hydrogen (secondary N) is 1. The number of nitro groups is 1. The van der Waals surface area contributed by atoms with Gasteiger partial charge in [-0.1, -0.05) is 0 Å². The fourth-order valence-electron chi connectivity index (χ4n) is 2.77. The molecule has 7 nitrogen and oxygen atoms in total. The molecule has 1 aromatic carbocycles. The summed E-state index contributed by atoms with van der Waals surface area (Å²) in [5, 5.41) is 14.1. The van der Waals surface area contributed by atoms with E-state index in [2.05, 4.69) is 15.2 Å². The van der Waals surface area contributed by atoms with E-state index in [1.807, 2.05) is 7.05 Å². The van der Waals surface area contributed by atoms with E-state index in [9.17, 15) is 10.1 Å². The fraction of sp³-hybridized carbons (Fsp3) is 0.500. The predicted octanol–water partition coefficient (Wildman–Crippen LogP) is 2.34. The van der Waals surface area contributed by atoms with Gasteiger partial charge in [0, 0.05) is 24.7 Å². The summed E-state index contributed by atoms with van der Waals surface area (Å²) in [5.41, 5.74) is 1.18. The van der Waals surface area contributed by atoms with Gasteiger partial charge >= 0.3 is 0 Å². The maximum atomic E-state index is 10.8. The maximum absolute atomic E-state index is 10.8. The van der Waals surface area contributed by atoms with Crippen molar-refractivity contribution in [2.75, 3.05) is 20.1 Å². The molecule has 22 heavy (non-hydrogen) atoms. The number of halogens is 1. The monoisotopic (exact) mass is 326 g/mol. The average molecular weight is 327 g/mol. The highest BCUT2D eigenvalue weighted by Crippen LogP contribution is 2.22. The highest BCUT2D eigenvalue weighted by Gasteiger charge is 2.20. The van der Waals surface area contributed by atoms with Crippen molar-refractivity contribution in [3.8, 4) is 0 Å². The first kappa shape index (κ1) is 16.7. The predicted molar refractivity (Wildman–Crippen MR) is 85.3 cm³/mol. The Morgan fingerprint density at radius 3 is 3.09 bits per heavy atom. The number of hydrogen-bond acceptors (Lipinski definition) is 6. The first-order valence-electron chi connectivity index (χ1n) is 7.09. The molecule has 0 spiro atoms. The van der Waals surface area contributed by atoms with Crippen LogP contribution in [0.5, 0.6) is 0 Å². The topological polar surface area (TPSA) is 84.4 Å². The maximum Gasteiger partial charge on any atom is 0.271 e. The summed E-state index contributed by atoms with van der Waals surface area (Å²) >= 11 is 0. The van der Waals surface area contributed by atoms with Crippen molar-refractivity contribution >= 4 is 29.2 Å². The van der Waals surface area contributed by atoms with E-state index >= 15 is 0 Å². The number of oxazole rings is 1. The van der Waals surface area contributed by atoms with Crippen LogP contribution in [-0.4, -0.2) is 41.0 Å². The standard InChI is InChI=1S/C14H18N4O3.ClH/c1-15-10-3-2-6-17(8-10)9-14-16-12-7-11(18(19)20)4-5-13(12)21-14;/h4-5,7,10,15H,2-3,6,8-9H2,1H3;1H. The van der Waals surface area contributed by atoms with Crippen LogP contribution in [0, 0.1) is 10.1 Å². The summed E-state index contributed by atoms with van der Waals surface area (Å²) in [7, 11) is 1.98. The molecular formula is C14H19ClN4O3. The molecular weight excluding hydrogens is 308 g/mol. The number of fused-ring (bicyclic) bond motifs is 1. The minimum absolute atomic E-state index is 0. The van der Waals surface area contributed by atoms with Gasteiger partial charge in [0.15, 0.2) is 5.58 Å². The first-order valence-corrected chi connectivity index (χ1v) is 7.09. The van der Waals surface area contributed by atoms with Gasteiger partial charge in [0.2, 0.25) is 5.89 Å². The Morgan fingerprint density at radius 2 is 2.36 bits per heavy atom. The third-order valence-electron chi connectivity index (χ3n) is 3.90. The molecule has 3 rings (SSSR count). The number of nitro benzene ring substituents is 1. The Morgan fingerprint density at radius 1 is 1.55 bits per heavy atom. The Hall–Kier alpha value is -1.70. The van der Waals surface area contributed by atoms with E-state index in [4.69, 9.17) is 4.42 Å². The number of likely N-dealkylation sites (tertiary alicyclic amines) is 1. The molecule has 0 amide bonds. The molecule has 1 aliphatic heterocycles. The van der Waals surface area contributed by atoms with E-state index in [0.29, 0.717) is 29.6 Å². The molecule has 1 fully saturated rings. The Bertz CT molecular complexity index is 661. The van der Waals surface area contributed by atoms with Crippen LogP contribution in [0.2, 0.25) is 0 Å². The normalized spacial score (nSPS) is 19.0. The molecule has 1 aliphatic rings. The van der Waals surface area contributed by atoms with Crippen molar-refractivity contribution in [2.24, 2.45) is 0 Å². The lowest BCUT2D eigenvalue weighted by Gasteiger charge is -2.31. The van der Waals surface area contributed by atoms with E-state index in [1.165, 1.54) is 18.6 Å². The summed E-state index contributed by atoms with van der Waals surface area (Å²) in [6.45, 7) is 2.63. The molecule has 0 bridgehead atoms. The number of aromatic nitrogens is 1. The Kier molecular flexibility index (Phi) is 5.33. The summed E-state index contributed by atoms with van der Waals surface area (Å²) in [4.78, 5) is 17.0. The molecule has 2 heterocycles. The van der Waals surface area contributed by atoms with Crippen LogP contribution in [0.3, 0.4) is 0 Å². The zero-order valence-corrected chi connectivity index (χ0v) is 13.1. The molecule has 2 aromatic rings. The number of likely N-dealkylation sites (N-methyl/N-ethyl adjacent to an activating group) is 1. The fourth-order valence-corrected chi connectivity index (χ4v) is 2.77. The Balaban J connectivity index is 0.00000176. The van der Waals surface area contributed by atoms with E-state index in [0.717, 1.165) is 19.5 Å². The lowest BCUT2D eigenvalue weighted by Crippen LogP contribution is -2.43. The van der Waals surface area contributed by atoms with Crippen molar-refractivity contribution in [1.82, 2.24) is 15.2 Å². The van der Waals surface area contributed by atoms with Crippen molar-refractivity contribution in [2.45, 2.75) is 25.4 Å². The number of piperidine rings is 1. The molecule has 0 saturated carbocycles. The zero-order chi connectivity index (χ0) is 14.8. The van der Waals surface area contributed by atoms with Crippen molar-refractivity contribution < 1.29 is 9.34 Å². The largest absolute Gasteiger partial charge is 0.439 e. The molecule has 1 unspecified atom stereocenters. The molecule has 1 aromatic heterocycles. The van der Waals surface area contributed by atoms with Gasteiger partial charge in [-0.15, -0.1) is 12.4 Å². The van der Waals surface area contributed by atoms with Crippen LogP contribution in [0.1, 0.15) is 18.7 Å². The molecule has 0 aliphatic carbocycles. The van der Waals surface area contributed by atoms with Gasteiger partial charge in [0.25, 0.3) is 5.69 Å². The number of nitrogens with zero attached hydrogens (tertiary/aromatic N) is 3. The smallest absolute Gasteiger partial charge is 0.271 e. The van der Waals surface area contributed by atoms with E-state index < -0.39 is 4.92 Å². The van der Waals surface area contributed by atoms with Crippen LogP contribution in [-0.2, 0) is 6.54 Å². The highest BCUT2D eigenvalue weighted by molar-refractivity contribution is 5.85. The van der Waals surface area contributed by atoms with Crippen LogP contribution in [0.15, 0.2) is 22.6 Å². The zero-order valence-electron chi connectivity index (χ0n) is 12.3. The third-order valence-corrected chi connectivity index (χ3v) is 3.90. The molecule has 1 saturated heterocycles. The van der Waals surface area contributed by atoms with E-state index in [1.54, 1.807) is 6.07 Å². The summed E-state index contributed by atoms with van der Waals surface area (Å²) in [6, 6.07) is 5.00. The van der Waals surface area contributed by atoms with E-state index in [-0.39, 0.29) is 18.1 Å². The minimum Gasteiger partial charge on any atom is -0.439 e. The van der Waals surface area contributed by atoms with Crippen LogP contribution in [0.4, 0.5) is 5.69 Å². The van der Waals surface area contributed by atoms with Crippen LogP contribution >= 0.6 is 12.4 Å². The molecule has 0 radical (unpaired) electrons. The second-order valence-corrected chi connectivity index (χ2v) is 5.38. The number of benzene rings is 1. The Labute approximate surface area is 134 Å². The second-order valence-electron chi connectivity index (χ2n) is 5.38. The van der Waals surface area contributed by atoms with Crippen molar-refractivity contribution in [3.05, 3.63) is 34.2 Å². The van der Waals surface area contributed by atoms with Gasteiger partial charge in [-0.05, 0) is 32.5 Å². The van der Waals surface area contributed by atoms with Crippen molar-refractivity contribution in [1.29, 1.82) is 0 Å². The van der Waals surface area contributed by atoms with Gasteiger partial charge in [-0.2, -0.15) is 0 Å². The molecule has 1 N–H and O–H groups in total. The summed E-state index contributed by atoms with van der Waals surface area (Å²) in [6.07, 6.45) is 2.34. The van der Waals surface area contributed by atoms with Crippen LogP contribution in [0.25, 0.3) is 11.1 Å². The lowest BCUT2D eigenvalue weighted by atomic mass is 10.1. The minimum atomic E-state index is -0.421. The molecule has 120 valence electrons. The molecule has 8 heteroatoms. The lowest BCUT2D eigenvalue weighted by molar-refractivity contribution is -0.384. The van der Waals surface area contributed by atoms with Crippen molar-refractivity contribution in [3.63, 3.8) is 0 Å². The number of non-ortho nitro benzene ring substituents is 1. The summed E-state index contributed by atoms with van der Waals surface area (Å²) < 4.78 is 5.68. The SMILES string of the molecule is CNC1CCCN(Cc2nc3cc([N+](=O)[O-])ccc3o2)C1.Cl. The van der Waals surface area contributed by atoms with Gasteiger partial charge in [-0.25, -0.2) is 4.98 Å². The highest BCUT2D eigenvalue weighted by atomic mass is 35.5. The number of hydrogen-bond donors (Lipinski definition) is 1. The summed E-state index contributed by atoms with van der Waals surface area (Å²) in [5.74, 6) is 0.613. The quantitative estimate of drug-likeness (QED) is 0.685. The first-order chi connectivity index (χ1) is 10.2.